The Morgan fingerprint density at radius 1 is 1.00 bits per heavy atom. The summed E-state index contributed by atoms with van der Waals surface area (Å²) in [7, 11) is 0. The van der Waals surface area contributed by atoms with Gasteiger partial charge in [0, 0.05) is 0 Å². The summed E-state index contributed by atoms with van der Waals surface area (Å²) < 4.78 is 38.2. The van der Waals surface area contributed by atoms with Crippen LogP contribution in [0.1, 0.15) is 48.9 Å². The number of rotatable bonds is 4. The molecule has 2 saturated carbocycles. The Bertz CT molecular complexity index is 522. The summed E-state index contributed by atoms with van der Waals surface area (Å²) in [6.45, 7) is 0. The Labute approximate surface area is 115 Å². The van der Waals surface area contributed by atoms with Gasteiger partial charge in [-0.05, 0) is 50.7 Å². The van der Waals surface area contributed by atoms with Gasteiger partial charge in [-0.1, -0.05) is 0 Å². The Balaban J connectivity index is 1.74. The minimum atomic E-state index is -1.19. The van der Waals surface area contributed by atoms with Gasteiger partial charge in [-0.3, -0.25) is 0 Å². The van der Waals surface area contributed by atoms with Gasteiger partial charge in [0.25, 0.3) is 0 Å². The molecule has 0 radical (unpaired) electrons. The third kappa shape index (κ3) is 2.49. The van der Waals surface area contributed by atoms with E-state index in [1.807, 2.05) is 0 Å². The predicted octanol–water partition coefficient (Wildman–Crippen LogP) is 3.61. The monoisotopic (exact) mass is 282 g/mol. The van der Waals surface area contributed by atoms with Gasteiger partial charge >= 0.3 is 5.97 Å². The van der Waals surface area contributed by atoms with Crippen molar-refractivity contribution in [2.45, 2.75) is 50.7 Å². The molecule has 0 atom stereocenters. The number of hydrogen-bond donors (Lipinski definition) is 0. The van der Waals surface area contributed by atoms with Gasteiger partial charge in [-0.2, -0.15) is 4.39 Å². The zero-order chi connectivity index (χ0) is 14.1. The second kappa shape index (κ2) is 5.38. The van der Waals surface area contributed by atoms with Crippen LogP contribution in [-0.2, 0) is 4.74 Å². The van der Waals surface area contributed by atoms with Crippen LogP contribution in [0.5, 0.6) is 5.75 Å². The molecule has 0 saturated heterocycles. The van der Waals surface area contributed by atoms with Crippen LogP contribution >= 0.6 is 0 Å². The summed E-state index contributed by atoms with van der Waals surface area (Å²) in [4.78, 5) is 11.8. The Hall–Kier alpha value is -1.65. The van der Waals surface area contributed by atoms with Crippen molar-refractivity contribution in [2.75, 3.05) is 0 Å². The van der Waals surface area contributed by atoms with Crippen molar-refractivity contribution in [2.24, 2.45) is 0 Å². The van der Waals surface area contributed by atoms with Crippen LogP contribution in [0.2, 0.25) is 0 Å². The van der Waals surface area contributed by atoms with Crippen molar-refractivity contribution in [1.29, 1.82) is 0 Å². The van der Waals surface area contributed by atoms with Crippen molar-refractivity contribution in [1.82, 2.24) is 0 Å². The molecule has 5 heteroatoms. The topological polar surface area (TPSA) is 35.5 Å². The van der Waals surface area contributed by atoms with E-state index < -0.39 is 17.6 Å². The summed E-state index contributed by atoms with van der Waals surface area (Å²) in [6, 6.07) is 2.53. The fraction of sp³-hybridized carbons (Fsp3) is 0.533. The predicted molar refractivity (Wildman–Crippen MR) is 67.7 cm³/mol. The highest BCUT2D eigenvalue weighted by Crippen LogP contribution is 2.30. The number of carbonyl (C=O) groups excluding carboxylic acids is 1. The summed E-state index contributed by atoms with van der Waals surface area (Å²) >= 11 is 0. The lowest BCUT2D eigenvalue weighted by Crippen LogP contribution is -2.26. The normalized spacial score (nSPS) is 19.1. The minimum Gasteiger partial charge on any atom is -0.487 e. The standard InChI is InChI=1S/C15H16F2O3/c16-13-11(15(18)20-10-5-2-6-10)7-8-12(14(13)17)19-9-3-1-4-9/h7-10H,1-6H2. The first kappa shape index (κ1) is 13.3. The molecule has 3 nitrogen and oxygen atoms in total. The zero-order valence-corrected chi connectivity index (χ0v) is 11.0. The lowest BCUT2D eigenvalue weighted by Gasteiger charge is -2.27. The van der Waals surface area contributed by atoms with Crippen LogP contribution in [0.3, 0.4) is 0 Å². The second-order valence-electron chi connectivity index (χ2n) is 5.37. The first-order chi connectivity index (χ1) is 9.65. The van der Waals surface area contributed by atoms with E-state index in [2.05, 4.69) is 0 Å². The number of benzene rings is 1. The molecule has 108 valence electrons. The van der Waals surface area contributed by atoms with E-state index in [0.717, 1.165) is 38.5 Å². The lowest BCUT2D eigenvalue weighted by molar-refractivity contribution is 0.00841. The van der Waals surface area contributed by atoms with E-state index in [1.54, 1.807) is 0 Å². The molecule has 0 spiro atoms. The maximum absolute atomic E-state index is 13.9. The van der Waals surface area contributed by atoms with Gasteiger partial charge in [0.2, 0.25) is 5.82 Å². The van der Waals surface area contributed by atoms with E-state index in [9.17, 15) is 13.6 Å². The van der Waals surface area contributed by atoms with E-state index in [-0.39, 0.29) is 23.5 Å². The van der Waals surface area contributed by atoms with Crippen LogP contribution < -0.4 is 4.74 Å². The molecule has 0 aromatic heterocycles. The first-order valence-corrected chi connectivity index (χ1v) is 7.01. The molecule has 20 heavy (non-hydrogen) atoms. The number of ether oxygens (including phenoxy) is 2. The SMILES string of the molecule is O=C(OC1CCC1)c1ccc(OC2CCC2)c(F)c1F. The van der Waals surface area contributed by atoms with Crippen molar-refractivity contribution in [3.05, 3.63) is 29.3 Å². The van der Waals surface area contributed by atoms with Crippen molar-refractivity contribution in [3.8, 4) is 5.75 Å². The molecule has 1 aromatic carbocycles. The highest BCUT2D eigenvalue weighted by Gasteiger charge is 2.27. The lowest BCUT2D eigenvalue weighted by atomic mass is 9.96. The Morgan fingerprint density at radius 2 is 1.65 bits per heavy atom. The third-order valence-corrected chi connectivity index (χ3v) is 3.94. The van der Waals surface area contributed by atoms with Gasteiger partial charge < -0.3 is 9.47 Å². The second-order valence-corrected chi connectivity index (χ2v) is 5.37. The molecule has 0 heterocycles. The molecule has 0 amide bonds. The molecule has 2 aliphatic carbocycles. The minimum absolute atomic E-state index is 0.0447. The third-order valence-electron chi connectivity index (χ3n) is 3.94. The van der Waals surface area contributed by atoms with E-state index >= 15 is 0 Å². The summed E-state index contributed by atoms with van der Waals surface area (Å²) in [5.74, 6) is -3.24. The number of esters is 1. The number of hydrogen-bond acceptors (Lipinski definition) is 3. The molecule has 2 aliphatic rings. The molecule has 0 N–H and O–H groups in total. The maximum atomic E-state index is 13.9. The fourth-order valence-electron chi connectivity index (χ4n) is 2.15. The largest absolute Gasteiger partial charge is 0.487 e. The Kier molecular flexibility index (Phi) is 3.59. The van der Waals surface area contributed by atoms with Crippen molar-refractivity contribution >= 4 is 5.97 Å². The maximum Gasteiger partial charge on any atom is 0.341 e. The summed E-state index contributed by atoms with van der Waals surface area (Å²) in [6.07, 6.45) is 5.13. The molecule has 0 bridgehead atoms. The molecule has 3 rings (SSSR count). The van der Waals surface area contributed by atoms with E-state index in [4.69, 9.17) is 9.47 Å². The highest BCUT2D eigenvalue weighted by molar-refractivity contribution is 5.90. The smallest absolute Gasteiger partial charge is 0.341 e. The molecule has 0 unspecified atom stereocenters. The van der Waals surface area contributed by atoms with Crippen molar-refractivity contribution in [3.63, 3.8) is 0 Å². The van der Waals surface area contributed by atoms with Gasteiger partial charge in [0.15, 0.2) is 11.6 Å². The quantitative estimate of drug-likeness (QED) is 0.791. The molecule has 0 aliphatic heterocycles. The first-order valence-electron chi connectivity index (χ1n) is 7.01. The molecule has 1 aromatic rings. The molecular formula is C15H16F2O3. The number of carbonyl (C=O) groups is 1. The van der Waals surface area contributed by atoms with Gasteiger partial charge in [0.05, 0.1) is 11.7 Å². The van der Waals surface area contributed by atoms with Crippen LogP contribution in [0.15, 0.2) is 12.1 Å². The average Bonchev–Trinajstić information content (AvgIpc) is 2.33. The molecular weight excluding hydrogens is 266 g/mol. The van der Waals surface area contributed by atoms with Gasteiger partial charge in [-0.25, -0.2) is 9.18 Å². The van der Waals surface area contributed by atoms with Gasteiger partial charge in [-0.15, -0.1) is 0 Å². The van der Waals surface area contributed by atoms with Crippen LogP contribution in [0, 0.1) is 11.6 Å². The average molecular weight is 282 g/mol. The summed E-state index contributed by atoms with van der Waals surface area (Å²) in [5.41, 5.74) is -0.365. The van der Waals surface area contributed by atoms with E-state index in [0.29, 0.717) is 0 Å². The highest BCUT2D eigenvalue weighted by atomic mass is 19.2. The van der Waals surface area contributed by atoms with E-state index in [1.165, 1.54) is 12.1 Å². The van der Waals surface area contributed by atoms with Crippen LogP contribution in [0.4, 0.5) is 8.78 Å². The van der Waals surface area contributed by atoms with Crippen LogP contribution in [-0.4, -0.2) is 18.2 Å². The van der Waals surface area contributed by atoms with Crippen molar-refractivity contribution < 1.29 is 23.0 Å². The summed E-state index contributed by atoms with van der Waals surface area (Å²) in [5, 5.41) is 0. The Morgan fingerprint density at radius 3 is 2.20 bits per heavy atom. The fourth-order valence-corrected chi connectivity index (χ4v) is 2.15. The van der Waals surface area contributed by atoms with Crippen LogP contribution in [0.25, 0.3) is 0 Å². The molecule has 2 fully saturated rings. The zero-order valence-electron chi connectivity index (χ0n) is 11.0. The van der Waals surface area contributed by atoms with Gasteiger partial charge in [0.1, 0.15) is 6.10 Å². The number of halogens is 2.